The largest absolute Gasteiger partial charge is 0.416 e. The van der Waals surface area contributed by atoms with Crippen LogP contribution in [-0.4, -0.2) is 25.6 Å². The molecule has 2 unspecified atom stereocenters. The maximum Gasteiger partial charge on any atom is 0.416 e. The van der Waals surface area contributed by atoms with E-state index in [4.69, 9.17) is 5.73 Å². The summed E-state index contributed by atoms with van der Waals surface area (Å²) < 4.78 is 66.4. The van der Waals surface area contributed by atoms with Gasteiger partial charge in [-0.1, -0.05) is 0 Å². The maximum absolute atomic E-state index is 13.3. The van der Waals surface area contributed by atoms with E-state index in [1.165, 1.54) is 13.8 Å². The number of alkyl halides is 3. The van der Waals surface area contributed by atoms with Crippen molar-refractivity contribution in [2.24, 2.45) is 28.4 Å². The van der Waals surface area contributed by atoms with E-state index in [1.54, 1.807) is 0 Å². The van der Waals surface area contributed by atoms with Crippen LogP contribution in [0.15, 0.2) is 29.2 Å². The summed E-state index contributed by atoms with van der Waals surface area (Å²) in [5, 5.41) is 0. The summed E-state index contributed by atoms with van der Waals surface area (Å²) in [4.78, 5) is 25.3. The molecule has 0 aromatic heterocycles. The molecule has 0 spiro atoms. The number of primary amides is 1. The zero-order chi connectivity index (χ0) is 24.4. The van der Waals surface area contributed by atoms with E-state index in [9.17, 15) is 31.2 Å². The lowest BCUT2D eigenvalue weighted by Gasteiger charge is -2.61. The van der Waals surface area contributed by atoms with Crippen molar-refractivity contribution < 1.29 is 31.2 Å². The molecule has 4 aliphatic rings. The van der Waals surface area contributed by atoms with Crippen LogP contribution in [0.4, 0.5) is 13.2 Å². The van der Waals surface area contributed by atoms with E-state index < -0.39 is 32.7 Å². The van der Waals surface area contributed by atoms with Gasteiger partial charge in [-0.3, -0.25) is 9.59 Å². The summed E-state index contributed by atoms with van der Waals surface area (Å²) in [7, 11) is -4.23. The normalized spacial score (nSPS) is 31.5. The topological polar surface area (TPSA) is 106 Å². The van der Waals surface area contributed by atoms with Crippen molar-refractivity contribution in [3.8, 4) is 0 Å². The minimum Gasteiger partial charge on any atom is -0.369 e. The number of amides is 1. The quantitative estimate of drug-likeness (QED) is 0.612. The summed E-state index contributed by atoms with van der Waals surface area (Å²) in [5.74, 6) is 0.0762. The Kier molecular flexibility index (Phi) is 5.52. The fourth-order valence-corrected chi connectivity index (χ4v) is 8.18. The van der Waals surface area contributed by atoms with E-state index in [-0.39, 0.29) is 28.4 Å². The molecule has 0 radical (unpaired) electrons. The average molecular weight is 487 g/mol. The molecule has 33 heavy (non-hydrogen) atoms. The third-order valence-corrected chi connectivity index (χ3v) is 9.49. The zero-order valence-electron chi connectivity index (χ0n) is 18.7. The maximum atomic E-state index is 13.3. The second kappa shape index (κ2) is 7.53. The van der Waals surface area contributed by atoms with Crippen molar-refractivity contribution >= 4 is 21.7 Å². The van der Waals surface area contributed by atoms with Gasteiger partial charge in [-0.2, -0.15) is 17.9 Å². The molecule has 4 aliphatic carbocycles. The van der Waals surface area contributed by atoms with Crippen LogP contribution in [-0.2, 0) is 25.8 Å². The van der Waals surface area contributed by atoms with Crippen LogP contribution in [0.5, 0.6) is 0 Å². The number of halogens is 3. The summed E-state index contributed by atoms with van der Waals surface area (Å²) in [6, 6.07) is 3.15. The van der Waals surface area contributed by atoms with Crippen LogP contribution in [0.1, 0.15) is 64.4 Å². The minimum atomic E-state index is -4.58. The molecule has 1 amide bonds. The SMILES string of the molecule is CC(C)(NS(=O)(=O)c1ccc(C(F)(F)F)cc1)C(=O)CC12CC3CC(C1)CC(C(N)=O)(C3)C2. The highest BCUT2D eigenvalue weighted by Gasteiger charge is 2.60. The molecule has 4 bridgehead atoms. The molecule has 1 aromatic carbocycles. The van der Waals surface area contributed by atoms with E-state index >= 15 is 0 Å². The number of carbonyl (C=O) groups is 2. The van der Waals surface area contributed by atoms with Gasteiger partial charge in [0.2, 0.25) is 15.9 Å². The van der Waals surface area contributed by atoms with Crippen LogP contribution < -0.4 is 10.5 Å². The highest BCUT2D eigenvalue weighted by Crippen LogP contribution is 2.66. The number of rotatable bonds is 7. The van der Waals surface area contributed by atoms with Gasteiger partial charge in [0, 0.05) is 6.42 Å². The smallest absolute Gasteiger partial charge is 0.369 e. The van der Waals surface area contributed by atoms with E-state index in [0.717, 1.165) is 44.2 Å². The molecule has 0 saturated heterocycles. The Morgan fingerprint density at radius 3 is 2.09 bits per heavy atom. The number of Topliss-reactive ketones (excluding diaryl/α,β-unsaturated/α-hetero) is 1. The number of sulfonamides is 1. The number of ketones is 1. The molecule has 0 heterocycles. The Labute approximate surface area is 191 Å². The van der Waals surface area contributed by atoms with Crippen molar-refractivity contribution in [1.82, 2.24) is 4.72 Å². The minimum absolute atomic E-state index is 0.136. The van der Waals surface area contributed by atoms with Gasteiger partial charge in [-0.25, -0.2) is 8.42 Å². The Morgan fingerprint density at radius 1 is 1.06 bits per heavy atom. The monoisotopic (exact) mass is 486 g/mol. The number of benzene rings is 1. The first-order chi connectivity index (χ1) is 15.1. The predicted molar refractivity (Wildman–Crippen MR) is 114 cm³/mol. The Hall–Kier alpha value is -1.94. The summed E-state index contributed by atoms with van der Waals surface area (Å²) in [6.45, 7) is 2.92. The lowest BCUT2D eigenvalue weighted by molar-refractivity contribution is -0.158. The predicted octanol–water partition coefficient (Wildman–Crippen LogP) is 3.79. The van der Waals surface area contributed by atoms with E-state index in [2.05, 4.69) is 4.72 Å². The molecule has 182 valence electrons. The van der Waals surface area contributed by atoms with Crippen LogP contribution in [0.3, 0.4) is 0 Å². The third-order valence-electron chi connectivity index (χ3n) is 7.82. The van der Waals surface area contributed by atoms with Gasteiger partial charge < -0.3 is 5.73 Å². The third kappa shape index (κ3) is 4.43. The number of hydrogen-bond acceptors (Lipinski definition) is 4. The first kappa shape index (κ1) is 24.2. The fraction of sp³-hybridized carbons (Fsp3) is 0.652. The molecule has 5 rings (SSSR count). The van der Waals surface area contributed by atoms with Crippen molar-refractivity contribution in [3.63, 3.8) is 0 Å². The average Bonchev–Trinajstić information content (AvgIpc) is 2.65. The van der Waals surface area contributed by atoms with Gasteiger partial charge in [-0.05, 0) is 93.9 Å². The number of nitrogens with one attached hydrogen (secondary N) is 1. The zero-order valence-corrected chi connectivity index (χ0v) is 19.5. The molecule has 6 nitrogen and oxygen atoms in total. The second-order valence-electron chi connectivity index (χ2n) is 11.0. The standard InChI is InChI=1S/C23H29F3N2O4S/c1-20(2,28-33(31,32)17-5-3-16(4-6-17)23(24,25)26)18(29)12-21-8-14-7-15(9-21)11-22(10-14,13-21)19(27)30/h3-6,14-15,28H,7-13H2,1-2H3,(H2,27,30). The van der Waals surface area contributed by atoms with Gasteiger partial charge in [0.1, 0.15) is 0 Å². The molecule has 4 fully saturated rings. The highest BCUT2D eigenvalue weighted by molar-refractivity contribution is 7.89. The Balaban J connectivity index is 1.51. The molecule has 4 saturated carbocycles. The lowest BCUT2D eigenvalue weighted by Crippen LogP contribution is -2.58. The number of carbonyl (C=O) groups excluding carboxylic acids is 2. The summed E-state index contributed by atoms with van der Waals surface area (Å²) in [5.41, 5.74) is 2.40. The second-order valence-corrected chi connectivity index (χ2v) is 12.6. The first-order valence-corrected chi connectivity index (χ1v) is 12.6. The fourth-order valence-electron chi connectivity index (χ4n) is 6.78. The molecule has 1 aromatic rings. The van der Waals surface area contributed by atoms with Crippen LogP contribution in [0.25, 0.3) is 0 Å². The van der Waals surface area contributed by atoms with Gasteiger partial charge in [0.25, 0.3) is 0 Å². The van der Waals surface area contributed by atoms with Crippen molar-refractivity contribution in [2.45, 2.75) is 75.4 Å². The van der Waals surface area contributed by atoms with Crippen molar-refractivity contribution in [1.29, 1.82) is 0 Å². The van der Waals surface area contributed by atoms with E-state index in [0.29, 0.717) is 30.4 Å². The van der Waals surface area contributed by atoms with Gasteiger partial charge >= 0.3 is 6.18 Å². The summed E-state index contributed by atoms with van der Waals surface area (Å²) in [6.07, 6.45) is 0.322. The molecule has 10 heteroatoms. The molecular weight excluding hydrogens is 457 g/mol. The van der Waals surface area contributed by atoms with Gasteiger partial charge in [0.05, 0.1) is 21.4 Å². The number of nitrogens with two attached hydrogens (primary N) is 1. The lowest BCUT2D eigenvalue weighted by atomic mass is 9.43. The van der Waals surface area contributed by atoms with Gasteiger partial charge in [-0.15, -0.1) is 0 Å². The molecule has 3 N–H and O–H groups in total. The van der Waals surface area contributed by atoms with Crippen molar-refractivity contribution in [2.75, 3.05) is 0 Å². The van der Waals surface area contributed by atoms with Crippen LogP contribution >= 0.6 is 0 Å². The molecular formula is C23H29F3N2O4S. The first-order valence-electron chi connectivity index (χ1n) is 11.1. The van der Waals surface area contributed by atoms with Crippen LogP contribution in [0, 0.1) is 22.7 Å². The van der Waals surface area contributed by atoms with Crippen LogP contribution in [0.2, 0.25) is 0 Å². The van der Waals surface area contributed by atoms with E-state index in [1.807, 2.05) is 0 Å². The Morgan fingerprint density at radius 2 is 1.61 bits per heavy atom. The number of hydrogen-bond donors (Lipinski definition) is 2. The molecule has 2 atom stereocenters. The van der Waals surface area contributed by atoms with Crippen molar-refractivity contribution in [3.05, 3.63) is 29.8 Å². The highest BCUT2D eigenvalue weighted by atomic mass is 32.2. The molecule has 0 aliphatic heterocycles. The van der Waals surface area contributed by atoms with Gasteiger partial charge in [0.15, 0.2) is 5.78 Å². The summed E-state index contributed by atoms with van der Waals surface area (Å²) >= 11 is 0. The Bertz CT molecular complexity index is 1070.